The number of pyridine rings is 1. The highest BCUT2D eigenvalue weighted by Gasteiger charge is 2.37. The number of nitrogens with two attached hydrogens (primary N) is 1. The largest absolute Gasteiger partial charge is 0.459 e. The van der Waals surface area contributed by atoms with Gasteiger partial charge in [0.15, 0.2) is 0 Å². The number of nitrogens with one attached hydrogen (secondary N) is 1. The molecular weight excluding hydrogens is 573 g/mol. The number of aliphatic imine (C=N–C) groups is 1. The molecule has 4 N–H and O–H groups in total. The van der Waals surface area contributed by atoms with Crippen LogP contribution in [0.5, 0.6) is 0 Å². The molecule has 0 spiro atoms. The maximum Gasteiger partial charge on any atom is 0.420 e. The second-order valence-corrected chi connectivity index (χ2v) is 10.1. The third-order valence-electron chi connectivity index (χ3n) is 6.86. The van der Waals surface area contributed by atoms with Crippen molar-refractivity contribution in [2.45, 2.75) is 44.6 Å². The molecule has 1 fully saturated rings. The zero-order chi connectivity index (χ0) is 31.4. The van der Waals surface area contributed by atoms with E-state index in [0.717, 1.165) is 6.07 Å². The number of aliphatic hydroxyl groups is 1. The number of likely N-dealkylation sites (tertiary alicyclic amines) is 1. The van der Waals surface area contributed by atoms with Crippen molar-refractivity contribution in [2.24, 2.45) is 10.7 Å². The van der Waals surface area contributed by atoms with Gasteiger partial charge in [0.05, 0.1) is 17.8 Å². The lowest BCUT2D eigenvalue weighted by atomic mass is 10.0. The van der Waals surface area contributed by atoms with Crippen molar-refractivity contribution in [1.82, 2.24) is 15.2 Å². The summed E-state index contributed by atoms with van der Waals surface area (Å²) in [6.07, 6.45) is 0.578. The quantitative estimate of drug-likeness (QED) is 0.122. The van der Waals surface area contributed by atoms with Gasteiger partial charge in [0, 0.05) is 54.7 Å². The summed E-state index contributed by atoms with van der Waals surface area (Å²) in [5, 5.41) is 13.3. The molecule has 8 nitrogen and oxygen atoms in total. The van der Waals surface area contributed by atoms with E-state index in [2.05, 4.69) is 22.0 Å². The van der Waals surface area contributed by atoms with Crippen molar-refractivity contribution in [1.29, 1.82) is 0 Å². The average Bonchev–Trinajstić information content (AvgIpc) is 3.39. The van der Waals surface area contributed by atoms with Crippen molar-refractivity contribution in [3.8, 4) is 11.3 Å². The van der Waals surface area contributed by atoms with Crippen LogP contribution in [0.25, 0.3) is 22.2 Å². The third kappa shape index (κ3) is 8.14. The number of alkyl halides is 5. The van der Waals surface area contributed by atoms with Crippen molar-refractivity contribution < 1.29 is 36.3 Å². The lowest BCUT2D eigenvalue weighted by Gasteiger charge is -2.34. The van der Waals surface area contributed by atoms with Gasteiger partial charge in [0.2, 0.25) is 5.91 Å². The Labute approximate surface area is 244 Å². The van der Waals surface area contributed by atoms with Crippen molar-refractivity contribution in [2.75, 3.05) is 13.1 Å². The number of halogens is 5. The molecule has 3 heterocycles. The number of amides is 1. The number of allylic oxidation sites excluding steroid dienone is 4. The minimum absolute atomic E-state index is 0.00104. The van der Waals surface area contributed by atoms with Crippen LogP contribution in [0, 0.1) is 0 Å². The molecule has 1 aliphatic heterocycles. The number of fused-ring (bicyclic) bond motifs is 1. The van der Waals surface area contributed by atoms with Gasteiger partial charge in [-0.2, -0.15) is 13.2 Å². The molecule has 1 unspecified atom stereocenters. The van der Waals surface area contributed by atoms with Crippen LogP contribution in [0.1, 0.15) is 42.9 Å². The molecule has 0 saturated carbocycles. The van der Waals surface area contributed by atoms with Crippen molar-refractivity contribution in [3.63, 3.8) is 0 Å². The average molecular weight is 604 g/mol. The number of rotatable bonds is 9. The summed E-state index contributed by atoms with van der Waals surface area (Å²) in [6.45, 7) is 4.86. The summed E-state index contributed by atoms with van der Waals surface area (Å²) in [7, 11) is 0. The molecule has 13 heteroatoms. The maximum absolute atomic E-state index is 14.0. The van der Waals surface area contributed by atoms with Gasteiger partial charge in [-0.3, -0.25) is 14.7 Å². The van der Waals surface area contributed by atoms with Gasteiger partial charge in [-0.1, -0.05) is 23.8 Å². The van der Waals surface area contributed by atoms with Crippen LogP contribution in [-0.4, -0.2) is 46.6 Å². The highest BCUT2D eigenvalue weighted by atomic mass is 19.4. The predicted octanol–water partition coefficient (Wildman–Crippen LogP) is 5.86. The third-order valence-corrected chi connectivity index (χ3v) is 6.86. The molecule has 1 saturated heterocycles. The number of hydrogen-bond donors (Lipinski definition) is 3. The lowest BCUT2D eigenvalue weighted by Crippen LogP contribution is -2.41. The topological polar surface area (TPSA) is 117 Å². The number of piperidine rings is 1. The van der Waals surface area contributed by atoms with Crippen LogP contribution in [-0.2, 0) is 17.5 Å². The van der Waals surface area contributed by atoms with Crippen LogP contribution in [0.2, 0.25) is 0 Å². The van der Waals surface area contributed by atoms with Gasteiger partial charge in [-0.25, -0.2) is 13.8 Å². The molecule has 3 aromatic rings. The summed E-state index contributed by atoms with van der Waals surface area (Å²) >= 11 is 0. The van der Waals surface area contributed by atoms with Gasteiger partial charge in [-0.15, -0.1) is 0 Å². The van der Waals surface area contributed by atoms with Gasteiger partial charge >= 0.3 is 6.18 Å². The molecule has 0 radical (unpaired) electrons. The standard InChI is InChI=1S/C30H30F5N5O3/c1-18(3-7-25(36)37-2)4-8-26(41)39-17-22-14-21-13-20(15-23(27(21)43-22)30(33,34)35)24-6-5-19(16-38-24)28(42)40-11-9-29(31,32)10-12-40/h3-8,13-16,28,42H,2,9-12,17,36H2,1H3,(H,39,41)/b8-4+,18-3+,25-7-. The zero-order valence-electron chi connectivity index (χ0n) is 23.2. The number of hydrogen-bond acceptors (Lipinski definition) is 7. The normalized spacial score (nSPS) is 17.4. The molecule has 2 aromatic heterocycles. The number of carbonyl (C=O) groups excluding carboxylic acids is 1. The highest BCUT2D eigenvalue weighted by molar-refractivity contribution is 5.89. The minimum Gasteiger partial charge on any atom is -0.459 e. The number of aliphatic hydroxyl groups excluding tert-OH is 1. The van der Waals surface area contributed by atoms with E-state index in [0.29, 0.717) is 11.1 Å². The monoisotopic (exact) mass is 603 g/mol. The Balaban J connectivity index is 1.51. The first-order valence-corrected chi connectivity index (χ1v) is 13.2. The van der Waals surface area contributed by atoms with E-state index < -0.39 is 29.8 Å². The van der Waals surface area contributed by atoms with Gasteiger partial charge < -0.3 is 20.6 Å². The summed E-state index contributed by atoms with van der Waals surface area (Å²) < 4.78 is 74.4. The number of carbonyl (C=O) groups is 1. The maximum atomic E-state index is 14.0. The van der Waals surface area contributed by atoms with Crippen LogP contribution in [0.3, 0.4) is 0 Å². The van der Waals surface area contributed by atoms with E-state index in [-0.39, 0.29) is 66.3 Å². The summed E-state index contributed by atoms with van der Waals surface area (Å²) in [5.74, 6) is -2.94. The smallest absolute Gasteiger partial charge is 0.420 e. The molecule has 0 aliphatic carbocycles. The Morgan fingerprint density at radius 3 is 2.58 bits per heavy atom. The van der Waals surface area contributed by atoms with E-state index in [1.54, 1.807) is 13.0 Å². The number of nitrogens with zero attached hydrogens (tertiary/aromatic N) is 3. The van der Waals surface area contributed by atoms with Crippen LogP contribution < -0.4 is 11.1 Å². The summed E-state index contributed by atoms with van der Waals surface area (Å²) in [4.78, 5) is 21.5. The van der Waals surface area contributed by atoms with Crippen molar-refractivity contribution in [3.05, 3.63) is 89.1 Å². The first kappa shape index (κ1) is 31.6. The Bertz CT molecular complexity index is 1570. The summed E-state index contributed by atoms with van der Waals surface area (Å²) in [5.41, 5.74) is 5.51. The van der Waals surface area contributed by atoms with Crippen LogP contribution >= 0.6 is 0 Å². The molecule has 0 bridgehead atoms. The zero-order valence-corrected chi connectivity index (χ0v) is 23.2. The minimum atomic E-state index is -4.75. The molecule has 1 aliphatic rings. The lowest BCUT2D eigenvalue weighted by molar-refractivity contribution is -0.136. The second kappa shape index (κ2) is 12.9. The van der Waals surface area contributed by atoms with Crippen LogP contribution in [0.4, 0.5) is 22.0 Å². The Morgan fingerprint density at radius 1 is 1.23 bits per heavy atom. The Morgan fingerprint density at radius 2 is 1.95 bits per heavy atom. The highest BCUT2D eigenvalue weighted by Crippen LogP contribution is 2.39. The molecule has 1 amide bonds. The SMILES string of the molecule is C=N\C(N)=C/C=C(C)/C=C/C(=O)NCc1cc2cc(-c3ccc(C(O)N4CCC(F)(F)CC4)cn3)cc(C(F)(F)F)c2o1. The fourth-order valence-corrected chi connectivity index (χ4v) is 4.45. The molecule has 228 valence electrons. The molecule has 1 aromatic carbocycles. The summed E-state index contributed by atoms with van der Waals surface area (Å²) in [6, 6.07) is 6.76. The molecule has 1 atom stereocenters. The van der Waals surface area contributed by atoms with Gasteiger partial charge in [0.1, 0.15) is 23.4 Å². The Hall–Kier alpha value is -4.36. The molecule has 4 rings (SSSR count). The molecular formula is C30H30F5N5O3. The Kier molecular flexibility index (Phi) is 9.46. The van der Waals surface area contributed by atoms with Gasteiger partial charge in [-0.05, 0) is 44.0 Å². The fourth-order valence-electron chi connectivity index (χ4n) is 4.45. The van der Waals surface area contributed by atoms with E-state index in [1.807, 2.05) is 0 Å². The van der Waals surface area contributed by atoms with E-state index in [1.165, 1.54) is 53.6 Å². The van der Waals surface area contributed by atoms with Crippen molar-refractivity contribution >= 4 is 23.6 Å². The molecule has 43 heavy (non-hydrogen) atoms. The first-order valence-electron chi connectivity index (χ1n) is 13.2. The van der Waals surface area contributed by atoms with E-state index >= 15 is 0 Å². The van der Waals surface area contributed by atoms with Gasteiger partial charge in [0.25, 0.3) is 5.92 Å². The van der Waals surface area contributed by atoms with Crippen LogP contribution in [0.15, 0.2) is 81.6 Å². The fraction of sp³-hybridized carbons (Fsp3) is 0.300. The van der Waals surface area contributed by atoms with E-state index in [9.17, 15) is 31.9 Å². The van der Waals surface area contributed by atoms with E-state index in [4.69, 9.17) is 10.2 Å². The first-order chi connectivity index (χ1) is 20.3. The number of benzene rings is 1. The number of aromatic nitrogens is 1. The second-order valence-electron chi connectivity index (χ2n) is 10.1. The predicted molar refractivity (Wildman–Crippen MR) is 152 cm³/mol. The number of furan rings is 1.